The van der Waals surface area contributed by atoms with Crippen molar-refractivity contribution in [2.24, 2.45) is 5.92 Å². The summed E-state index contributed by atoms with van der Waals surface area (Å²) in [4.78, 5) is 22.9. The Labute approximate surface area is 81.1 Å². The maximum absolute atomic E-state index is 11.5. The molecule has 14 heavy (non-hydrogen) atoms. The zero-order chi connectivity index (χ0) is 9.71. The molecular weight excluding hydrogens is 178 g/mol. The van der Waals surface area contributed by atoms with Gasteiger partial charge in [0.1, 0.15) is 0 Å². The second-order valence-corrected chi connectivity index (χ2v) is 3.84. The zero-order valence-electron chi connectivity index (χ0n) is 7.49. The Hall–Kier alpha value is -1.64. The molecule has 1 fully saturated rings. The summed E-state index contributed by atoms with van der Waals surface area (Å²) in [5.74, 6) is -0.625. The number of benzene rings is 1. The zero-order valence-corrected chi connectivity index (χ0v) is 7.49. The van der Waals surface area contributed by atoms with Gasteiger partial charge in [0, 0.05) is 0 Å². The molecule has 3 nitrogen and oxygen atoms in total. The Bertz CT molecular complexity index is 439. The Kier molecular flexibility index (Phi) is 1.35. The molecule has 1 aliphatic carbocycles. The highest BCUT2D eigenvalue weighted by molar-refractivity contribution is 6.08. The first-order chi connectivity index (χ1) is 6.77. The topological polar surface area (TPSA) is 46.2 Å². The van der Waals surface area contributed by atoms with E-state index in [1.807, 2.05) is 24.3 Å². The molecule has 1 heterocycles. The van der Waals surface area contributed by atoms with E-state index >= 15 is 0 Å². The third-order valence-electron chi connectivity index (χ3n) is 3.10. The van der Waals surface area contributed by atoms with Gasteiger partial charge in [0.15, 0.2) is 0 Å². The molecule has 1 saturated heterocycles. The molecule has 70 valence electrons. The largest absolute Gasteiger partial charge is 0.296 e. The molecular formula is C11H9NO2. The van der Waals surface area contributed by atoms with E-state index in [2.05, 4.69) is 5.32 Å². The van der Waals surface area contributed by atoms with E-state index in [4.69, 9.17) is 0 Å². The van der Waals surface area contributed by atoms with Crippen molar-refractivity contribution >= 4 is 11.8 Å². The first-order valence-corrected chi connectivity index (χ1v) is 4.70. The number of hydrogen-bond acceptors (Lipinski definition) is 2. The fourth-order valence-electron chi connectivity index (χ4n) is 2.45. The first kappa shape index (κ1) is 7.74. The lowest BCUT2D eigenvalue weighted by atomic mass is 9.95. The lowest BCUT2D eigenvalue weighted by molar-refractivity contribution is -0.125. The standard InChI is InChI=1S/C11H9NO2/c13-10-8-5-6-3-1-2-4-7(6)9(8)11(14)12-10/h1-4,8-9H,5H2,(H,12,13,14)/t8-,9-/m1/s1. The summed E-state index contributed by atoms with van der Waals surface area (Å²) in [7, 11) is 0. The summed E-state index contributed by atoms with van der Waals surface area (Å²) < 4.78 is 0. The molecule has 0 saturated carbocycles. The average molecular weight is 187 g/mol. The summed E-state index contributed by atoms with van der Waals surface area (Å²) in [5.41, 5.74) is 2.17. The molecule has 1 aromatic rings. The predicted octanol–water partition coefficient (Wildman–Crippen LogP) is 0.599. The van der Waals surface area contributed by atoms with Gasteiger partial charge in [0.05, 0.1) is 11.8 Å². The first-order valence-electron chi connectivity index (χ1n) is 4.70. The molecule has 3 rings (SSSR count). The maximum Gasteiger partial charge on any atom is 0.234 e. The number of carbonyl (C=O) groups excluding carboxylic acids is 2. The van der Waals surface area contributed by atoms with Gasteiger partial charge >= 0.3 is 0 Å². The highest BCUT2D eigenvalue weighted by Crippen LogP contribution is 2.40. The van der Waals surface area contributed by atoms with Crippen molar-refractivity contribution < 1.29 is 9.59 Å². The number of rotatable bonds is 0. The van der Waals surface area contributed by atoms with E-state index in [0.717, 1.165) is 11.1 Å². The van der Waals surface area contributed by atoms with Crippen molar-refractivity contribution in [3.8, 4) is 0 Å². The number of amides is 2. The van der Waals surface area contributed by atoms with Gasteiger partial charge in [0.2, 0.25) is 11.8 Å². The molecule has 2 aliphatic rings. The molecule has 1 aromatic carbocycles. The minimum Gasteiger partial charge on any atom is -0.296 e. The molecule has 0 spiro atoms. The van der Waals surface area contributed by atoms with E-state index < -0.39 is 0 Å². The fourth-order valence-corrected chi connectivity index (χ4v) is 2.45. The van der Waals surface area contributed by atoms with Crippen LogP contribution in [0, 0.1) is 5.92 Å². The van der Waals surface area contributed by atoms with Crippen LogP contribution in [-0.2, 0) is 16.0 Å². The summed E-state index contributed by atoms with van der Waals surface area (Å²) in [6.45, 7) is 0. The van der Waals surface area contributed by atoms with Gasteiger partial charge in [-0.3, -0.25) is 14.9 Å². The molecule has 1 N–H and O–H groups in total. The van der Waals surface area contributed by atoms with Gasteiger partial charge < -0.3 is 0 Å². The molecule has 0 bridgehead atoms. The van der Waals surface area contributed by atoms with Gasteiger partial charge in [-0.25, -0.2) is 0 Å². The van der Waals surface area contributed by atoms with Crippen molar-refractivity contribution in [1.29, 1.82) is 0 Å². The molecule has 0 unspecified atom stereocenters. The van der Waals surface area contributed by atoms with Crippen molar-refractivity contribution in [3.63, 3.8) is 0 Å². The number of nitrogens with one attached hydrogen (secondary N) is 1. The Morgan fingerprint density at radius 3 is 2.79 bits per heavy atom. The monoisotopic (exact) mass is 187 g/mol. The lowest BCUT2D eigenvalue weighted by Gasteiger charge is -2.03. The van der Waals surface area contributed by atoms with Gasteiger partial charge in [-0.2, -0.15) is 0 Å². The Balaban J connectivity index is 2.15. The van der Waals surface area contributed by atoms with Crippen LogP contribution in [0.4, 0.5) is 0 Å². The third-order valence-corrected chi connectivity index (χ3v) is 3.10. The highest BCUT2D eigenvalue weighted by atomic mass is 16.2. The SMILES string of the molecule is O=C1NC(=O)[C@@H]2Cc3ccccc3[C@@H]12. The minimum atomic E-state index is -0.223. The number of hydrogen-bond donors (Lipinski definition) is 1. The van der Waals surface area contributed by atoms with Gasteiger partial charge in [-0.15, -0.1) is 0 Å². The van der Waals surface area contributed by atoms with Crippen LogP contribution in [0.2, 0.25) is 0 Å². The molecule has 2 amide bonds. The number of imide groups is 1. The van der Waals surface area contributed by atoms with Crippen molar-refractivity contribution in [1.82, 2.24) is 5.32 Å². The van der Waals surface area contributed by atoms with Gasteiger partial charge in [-0.05, 0) is 17.5 Å². The second kappa shape index (κ2) is 2.44. The van der Waals surface area contributed by atoms with Crippen molar-refractivity contribution in [2.45, 2.75) is 12.3 Å². The molecule has 3 heteroatoms. The smallest absolute Gasteiger partial charge is 0.234 e. The van der Waals surface area contributed by atoms with Crippen LogP contribution >= 0.6 is 0 Å². The van der Waals surface area contributed by atoms with Gasteiger partial charge in [-0.1, -0.05) is 24.3 Å². The quantitative estimate of drug-likeness (QED) is 0.604. The van der Waals surface area contributed by atoms with Crippen molar-refractivity contribution in [3.05, 3.63) is 35.4 Å². The summed E-state index contributed by atoms with van der Waals surface area (Å²) in [6.07, 6.45) is 0.707. The highest BCUT2D eigenvalue weighted by Gasteiger charge is 2.47. The van der Waals surface area contributed by atoms with Gasteiger partial charge in [0.25, 0.3) is 0 Å². The summed E-state index contributed by atoms with van der Waals surface area (Å²) in [5, 5.41) is 2.38. The van der Waals surface area contributed by atoms with Crippen LogP contribution in [0.5, 0.6) is 0 Å². The molecule has 0 radical (unpaired) electrons. The van der Waals surface area contributed by atoms with Crippen LogP contribution in [0.3, 0.4) is 0 Å². The lowest BCUT2D eigenvalue weighted by Crippen LogP contribution is -2.23. The number of fused-ring (bicyclic) bond motifs is 3. The normalized spacial score (nSPS) is 28.6. The number of carbonyl (C=O) groups is 2. The third kappa shape index (κ3) is 0.816. The van der Waals surface area contributed by atoms with E-state index in [1.54, 1.807) is 0 Å². The molecule has 0 aromatic heterocycles. The van der Waals surface area contributed by atoms with E-state index in [9.17, 15) is 9.59 Å². The molecule has 1 aliphatic heterocycles. The molecule has 2 atom stereocenters. The Morgan fingerprint density at radius 2 is 1.93 bits per heavy atom. The van der Waals surface area contributed by atoms with Crippen LogP contribution in [0.25, 0.3) is 0 Å². The van der Waals surface area contributed by atoms with Crippen LogP contribution in [0.1, 0.15) is 17.0 Å². The van der Waals surface area contributed by atoms with E-state index in [-0.39, 0.29) is 23.7 Å². The summed E-state index contributed by atoms with van der Waals surface area (Å²) >= 11 is 0. The fraction of sp³-hybridized carbons (Fsp3) is 0.273. The maximum atomic E-state index is 11.5. The van der Waals surface area contributed by atoms with Crippen LogP contribution in [0.15, 0.2) is 24.3 Å². The Morgan fingerprint density at radius 1 is 1.14 bits per heavy atom. The van der Waals surface area contributed by atoms with E-state index in [1.165, 1.54) is 0 Å². The average Bonchev–Trinajstić information content (AvgIpc) is 2.66. The minimum absolute atomic E-state index is 0.115. The summed E-state index contributed by atoms with van der Waals surface area (Å²) in [6, 6.07) is 7.80. The van der Waals surface area contributed by atoms with Crippen molar-refractivity contribution in [2.75, 3.05) is 0 Å². The van der Waals surface area contributed by atoms with Crippen LogP contribution < -0.4 is 5.32 Å². The van der Waals surface area contributed by atoms with E-state index in [0.29, 0.717) is 6.42 Å². The van der Waals surface area contributed by atoms with Crippen LogP contribution in [-0.4, -0.2) is 11.8 Å². The second-order valence-electron chi connectivity index (χ2n) is 3.84. The predicted molar refractivity (Wildman–Crippen MR) is 49.5 cm³/mol.